The highest BCUT2D eigenvalue weighted by molar-refractivity contribution is 5.39. The first-order valence-electron chi connectivity index (χ1n) is 6.50. The quantitative estimate of drug-likeness (QED) is 0.928. The van der Waals surface area contributed by atoms with Crippen molar-refractivity contribution in [1.29, 1.82) is 0 Å². The molecule has 0 aliphatic carbocycles. The SMILES string of the molecule is CNC(c1ccc2c(c1)COC2)c1cc(F)ccc1F. The highest BCUT2D eigenvalue weighted by Gasteiger charge is 2.19. The van der Waals surface area contributed by atoms with Crippen LogP contribution in [-0.4, -0.2) is 7.05 Å². The van der Waals surface area contributed by atoms with Crippen LogP contribution in [0.15, 0.2) is 36.4 Å². The fourth-order valence-electron chi connectivity index (χ4n) is 2.61. The molecule has 2 nitrogen and oxygen atoms in total. The monoisotopic (exact) mass is 275 g/mol. The molecule has 2 aromatic carbocycles. The lowest BCUT2D eigenvalue weighted by Crippen LogP contribution is -2.19. The summed E-state index contributed by atoms with van der Waals surface area (Å²) >= 11 is 0. The van der Waals surface area contributed by atoms with Crippen LogP contribution in [0.4, 0.5) is 8.78 Å². The molecule has 1 unspecified atom stereocenters. The summed E-state index contributed by atoms with van der Waals surface area (Å²) in [6, 6.07) is 9.05. The molecule has 1 aliphatic heterocycles. The van der Waals surface area contributed by atoms with Crippen molar-refractivity contribution < 1.29 is 13.5 Å². The van der Waals surface area contributed by atoms with Gasteiger partial charge in [0.25, 0.3) is 0 Å². The molecule has 1 heterocycles. The zero-order chi connectivity index (χ0) is 14.1. The maximum atomic E-state index is 13.9. The van der Waals surface area contributed by atoms with Gasteiger partial charge in [0.1, 0.15) is 11.6 Å². The molecule has 0 amide bonds. The van der Waals surface area contributed by atoms with Crippen LogP contribution < -0.4 is 5.32 Å². The minimum atomic E-state index is -0.439. The summed E-state index contributed by atoms with van der Waals surface area (Å²) in [6.45, 7) is 1.19. The number of fused-ring (bicyclic) bond motifs is 1. The van der Waals surface area contributed by atoms with Crippen LogP contribution in [0.3, 0.4) is 0 Å². The second-order valence-corrected chi connectivity index (χ2v) is 4.91. The van der Waals surface area contributed by atoms with Crippen molar-refractivity contribution >= 4 is 0 Å². The molecule has 4 heteroatoms. The Balaban J connectivity index is 2.03. The Morgan fingerprint density at radius 2 is 1.85 bits per heavy atom. The second-order valence-electron chi connectivity index (χ2n) is 4.91. The molecule has 0 bridgehead atoms. The highest BCUT2D eigenvalue weighted by Crippen LogP contribution is 2.29. The number of ether oxygens (including phenoxy) is 1. The summed E-state index contributed by atoms with van der Waals surface area (Å²) in [6.07, 6.45) is 0. The number of hydrogen-bond donors (Lipinski definition) is 1. The summed E-state index contributed by atoms with van der Waals surface area (Å²) in [4.78, 5) is 0. The molecule has 20 heavy (non-hydrogen) atoms. The molecule has 3 rings (SSSR count). The molecule has 1 atom stereocenters. The molecule has 0 saturated heterocycles. The van der Waals surface area contributed by atoms with Crippen LogP contribution in [0.1, 0.15) is 28.3 Å². The van der Waals surface area contributed by atoms with Crippen LogP contribution in [0, 0.1) is 11.6 Å². The minimum Gasteiger partial charge on any atom is -0.372 e. The van der Waals surface area contributed by atoms with E-state index in [0.717, 1.165) is 28.8 Å². The molecule has 2 aromatic rings. The third-order valence-corrected chi connectivity index (χ3v) is 3.64. The lowest BCUT2D eigenvalue weighted by molar-refractivity contribution is 0.134. The molecule has 0 saturated carbocycles. The molecule has 0 fully saturated rings. The zero-order valence-corrected chi connectivity index (χ0v) is 11.1. The van der Waals surface area contributed by atoms with Crippen LogP contribution in [-0.2, 0) is 18.0 Å². The summed E-state index contributed by atoms with van der Waals surface area (Å²) in [5.41, 5.74) is 3.48. The van der Waals surface area contributed by atoms with Gasteiger partial charge >= 0.3 is 0 Å². The van der Waals surface area contributed by atoms with E-state index in [1.54, 1.807) is 7.05 Å². The van der Waals surface area contributed by atoms with E-state index in [2.05, 4.69) is 5.32 Å². The number of rotatable bonds is 3. The summed E-state index contributed by atoms with van der Waals surface area (Å²) in [7, 11) is 1.73. The van der Waals surface area contributed by atoms with E-state index in [4.69, 9.17) is 4.74 Å². The van der Waals surface area contributed by atoms with Crippen molar-refractivity contribution in [3.63, 3.8) is 0 Å². The molecule has 104 valence electrons. The van der Waals surface area contributed by atoms with Gasteiger partial charge in [-0.3, -0.25) is 0 Å². The Morgan fingerprint density at radius 3 is 2.65 bits per heavy atom. The molecular weight excluding hydrogens is 260 g/mol. The van der Waals surface area contributed by atoms with Gasteiger partial charge in [-0.25, -0.2) is 8.78 Å². The van der Waals surface area contributed by atoms with Crippen molar-refractivity contribution in [3.05, 3.63) is 70.3 Å². The maximum absolute atomic E-state index is 13.9. The third-order valence-electron chi connectivity index (χ3n) is 3.64. The average molecular weight is 275 g/mol. The van der Waals surface area contributed by atoms with Gasteiger partial charge in [0.2, 0.25) is 0 Å². The lowest BCUT2D eigenvalue weighted by atomic mass is 9.95. The van der Waals surface area contributed by atoms with E-state index in [-0.39, 0.29) is 6.04 Å². The van der Waals surface area contributed by atoms with Crippen molar-refractivity contribution in [2.75, 3.05) is 7.05 Å². The molecule has 0 spiro atoms. The van der Waals surface area contributed by atoms with E-state index in [9.17, 15) is 8.78 Å². The molecule has 0 aromatic heterocycles. The van der Waals surface area contributed by atoms with Crippen molar-refractivity contribution in [3.8, 4) is 0 Å². The molecule has 1 aliphatic rings. The van der Waals surface area contributed by atoms with Gasteiger partial charge in [0, 0.05) is 5.56 Å². The zero-order valence-electron chi connectivity index (χ0n) is 11.1. The number of benzene rings is 2. The topological polar surface area (TPSA) is 21.3 Å². The Hall–Kier alpha value is -1.78. The van der Waals surface area contributed by atoms with E-state index in [0.29, 0.717) is 18.8 Å². The summed E-state index contributed by atoms with van der Waals surface area (Å²) in [5.74, 6) is -0.853. The standard InChI is InChI=1S/C16H15F2NO/c1-19-16(14-7-13(17)4-5-15(14)18)10-2-3-11-8-20-9-12(11)6-10/h2-7,16,19H,8-9H2,1H3. The van der Waals surface area contributed by atoms with Gasteiger partial charge in [-0.15, -0.1) is 0 Å². The van der Waals surface area contributed by atoms with Crippen LogP contribution in [0.25, 0.3) is 0 Å². The number of hydrogen-bond acceptors (Lipinski definition) is 2. The Labute approximate surface area is 116 Å². The Kier molecular flexibility index (Phi) is 3.51. The smallest absolute Gasteiger partial charge is 0.128 e. The van der Waals surface area contributed by atoms with Gasteiger partial charge in [-0.2, -0.15) is 0 Å². The summed E-state index contributed by atoms with van der Waals surface area (Å²) < 4.78 is 32.7. The Morgan fingerprint density at radius 1 is 1.05 bits per heavy atom. The van der Waals surface area contributed by atoms with E-state index >= 15 is 0 Å². The van der Waals surface area contributed by atoms with Gasteiger partial charge in [-0.05, 0) is 41.9 Å². The molecule has 1 N–H and O–H groups in total. The fourth-order valence-corrected chi connectivity index (χ4v) is 2.61. The fraction of sp³-hybridized carbons (Fsp3) is 0.250. The predicted octanol–water partition coefficient (Wildman–Crippen LogP) is 3.30. The number of halogens is 2. The Bertz CT molecular complexity index is 642. The average Bonchev–Trinajstić information content (AvgIpc) is 2.91. The first-order chi connectivity index (χ1) is 9.69. The van der Waals surface area contributed by atoms with Gasteiger partial charge in [0.05, 0.1) is 19.3 Å². The normalized spacial score (nSPS) is 15.2. The first-order valence-corrected chi connectivity index (χ1v) is 6.50. The van der Waals surface area contributed by atoms with Gasteiger partial charge in [-0.1, -0.05) is 18.2 Å². The predicted molar refractivity (Wildman–Crippen MR) is 72.2 cm³/mol. The van der Waals surface area contributed by atoms with Gasteiger partial charge < -0.3 is 10.1 Å². The van der Waals surface area contributed by atoms with E-state index < -0.39 is 11.6 Å². The van der Waals surface area contributed by atoms with Crippen LogP contribution in [0.5, 0.6) is 0 Å². The van der Waals surface area contributed by atoms with E-state index in [1.165, 1.54) is 6.07 Å². The minimum absolute atomic E-state index is 0.311. The molecular formula is C16H15F2NO. The number of nitrogens with one attached hydrogen (secondary N) is 1. The third kappa shape index (κ3) is 2.32. The van der Waals surface area contributed by atoms with Crippen molar-refractivity contribution in [1.82, 2.24) is 5.32 Å². The highest BCUT2D eigenvalue weighted by atomic mass is 19.1. The van der Waals surface area contributed by atoms with Crippen molar-refractivity contribution in [2.45, 2.75) is 19.3 Å². The van der Waals surface area contributed by atoms with Crippen molar-refractivity contribution in [2.24, 2.45) is 0 Å². The summed E-state index contributed by atoms with van der Waals surface area (Å²) in [5, 5.41) is 3.05. The maximum Gasteiger partial charge on any atom is 0.128 e. The van der Waals surface area contributed by atoms with E-state index in [1.807, 2.05) is 18.2 Å². The van der Waals surface area contributed by atoms with Gasteiger partial charge in [0.15, 0.2) is 0 Å². The van der Waals surface area contributed by atoms with Crippen LogP contribution in [0.2, 0.25) is 0 Å². The second kappa shape index (κ2) is 5.31. The largest absolute Gasteiger partial charge is 0.372 e. The molecule has 0 radical (unpaired) electrons. The first kappa shape index (κ1) is 13.2. The lowest BCUT2D eigenvalue weighted by Gasteiger charge is -2.19. The van der Waals surface area contributed by atoms with Crippen LogP contribution >= 0.6 is 0 Å².